The molecule has 0 heterocycles. The van der Waals surface area contributed by atoms with E-state index >= 15 is 0 Å². The Morgan fingerprint density at radius 2 is 1.17 bits per heavy atom. The molecule has 3 aromatic carbocycles. The van der Waals surface area contributed by atoms with Crippen LogP contribution in [0.3, 0.4) is 0 Å². The maximum atomic E-state index is 9.35. The normalized spacial score (nSPS) is 12.0. The molecule has 3 aromatic rings. The smallest absolute Gasteiger partial charge is 0.189 e. The van der Waals surface area contributed by atoms with Gasteiger partial charge in [-0.05, 0) is 28.7 Å². The van der Waals surface area contributed by atoms with E-state index < -0.39 is 5.79 Å². The summed E-state index contributed by atoms with van der Waals surface area (Å²) in [6.45, 7) is 1.73. The zero-order valence-electron chi connectivity index (χ0n) is 13.8. The van der Waals surface area contributed by atoms with Crippen LogP contribution in [-0.2, 0) is 12.2 Å². The third kappa shape index (κ3) is 3.40. The van der Waals surface area contributed by atoms with E-state index in [4.69, 9.17) is 0 Å². The van der Waals surface area contributed by atoms with Crippen LogP contribution in [-0.4, -0.2) is 10.2 Å². The van der Waals surface area contributed by atoms with Crippen molar-refractivity contribution < 1.29 is 10.2 Å². The van der Waals surface area contributed by atoms with Gasteiger partial charge in [-0.2, -0.15) is 0 Å². The maximum Gasteiger partial charge on any atom is 0.189 e. The minimum Gasteiger partial charge on any atom is -0.362 e. The van der Waals surface area contributed by atoms with Crippen molar-refractivity contribution >= 4 is 0 Å². The van der Waals surface area contributed by atoms with E-state index in [9.17, 15) is 10.2 Å². The highest BCUT2D eigenvalue weighted by atomic mass is 16.5. The SMILES string of the molecule is CCC(O)(O)c1ccccc1.c1ccc2c(c1)Cc1ccccc1-2. The first-order valence-electron chi connectivity index (χ1n) is 8.28. The highest BCUT2D eigenvalue weighted by molar-refractivity contribution is 5.76. The summed E-state index contributed by atoms with van der Waals surface area (Å²) in [6.07, 6.45) is 1.41. The first-order chi connectivity index (χ1) is 11.6. The van der Waals surface area contributed by atoms with Crippen LogP contribution in [0, 0.1) is 0 Å². The number of aliphatic hydroxyl groups is 2. The van der Waals surface area contributed by atoms with Crippen LogP contribution in [0.1, 0.15) is 30.0 Å². The molecule has 0 fully saturated rings. The lowest BCUT2D eigenvalue weighted by Gasteiger charge is -2.19. The molecule has 0 spiro atoms. The van der Waals surface area contributed by atoms with Crippen molar-refractivity contribution in [2.75, 3.05) is 0 Å². The summed E-state index contributed by atoms with van der Waals surface area (Å²) >= 11 is 0. The predicted molar refractivity (Wildman–Crippen MR) is 97.5 cm³/mol. The maximum absolute atomic E-state index is 9.35. The lowest BCUT2D eigenvalue weighted by Crippen LogP contribution is -2.23. The molecule has 0 aromatic heterocycles. The Kier molecular flexibility index (Phi) is 4.79. The van der Waals surface area contributed by atoms with Crippen LogP contribution in [0.4, 0.5) is 0 Å². The van der Waals surface area contributed by atoms with E-state index in [0.717, 1.165) is 6.42 Å². The summed E-state index contributed by atoms with van der Waals surface area (Å²) in [7, 11) is 0. The zero-order chi connectivity index (χ0) is 17.0. The molecule has 1 aliphatic carbocycles. The van der Waals surface area contributed by atoms with Gasteiger partial charge in [0.15, 0.2) is 5.79 Å². The lowest BCUT2D eigenvalue weighted by atomic mass is 10.0. The second kappa shape index (κ2) is 7.00. The standard InChI is InChI=1S/C13H10.C9H12O2/c1-3-7-12-10(5-1)9-11-6-2-4-8-13(11)12;1-2-9(10,11)8-6-4-3-5-7-8/h1-8H,9H2;3-7,10-11H,2H2,1H3. The van der Waals surface area contributed by atoms with Crippen LogP contribution in [0.15, 0.2) is 78.9 Å². The molecule has 4 rings (SSSR count). The van der Waals surface area contributed by atoms with Gasteiger partial charge in [-0.25, -0.2) is 0 Å². The second-order valence-corrected chi connectivity index (χ2v) is 6.03. The highest BCUT2D eigenvalue weighted by Crippen LogP contribution is 2.35. The fourth-order valence-electron chi connectivity index (χ4n) is 2.99. The van der Waals surface area contributed by atoms with Crippen molar-refractivity contribution in [3.05, 3.63) is 95.6 Å². The Balaban J connectivity index is 0.000000144. The van der Waals surface area contributed by atoms with Gasteiger partial charge in [0.2, 0.25) is 0 Å². The van der Waals surface area contributed by atoms with Crippen molar-refractivity contribution in [1.29, 1.82) is 0 Å². The molecular weight excluding hydrogens is 296 g/mol. The van der Waals surface area contributed by atoms with E-state index in [0.29, 0.717) is 12.0 Å². The Labute approximate surface area is 143 Å². The molecule has 122 valence electrons. The Hall–Kier alpha value is -2.42. The monoisotopic (exact) mass is 318 g/mol. The van der Waals surface area contributed by atoms with E-state index in [-0.39, 0.29) is 0 Å². The van der Waals surface area contributed by atoms with Crippen LogP contribution in [0.5, 0.6) is 0 Å². The third-order valence-corrected chi connectivity index (χ3v) is 4.43. The van der Waals surface area contributed by atoms with Gasteiger partial charge in [-0.1, -0.05) is 85.8 Å². The minimum absolute atomic E-state index is 0.303. The largest absolute Gasteiger partial charge is 0.362 e. The average Bonchev–Trinajstić information content (AvgIpc) is 3.02. The van der Waals surface area contributed by atoms with Gasteiger partial charge in [-0.3, -0.25) is 0 Å². The molecule has 2 N–H and O–H groups in total. The van der Waals surface area contributed by atoms with E-state index in [1.807, 2.05) is 6.07 Å². The van der Waals surface area contributed by atoms with Crippen LogP contribution in [0.25, 0.3) is 11.1 Å². The van der Waals surface area contributed by atoms with Gasteiger partial charge < -0.3 is 10.2 Å². The lowest BCUT2D eigenvalue weighted by molar-refractivity contribution is -0.171. The summed E-state index contributed by atoms with van der Waals surface area (Å²) in [5.74, 6) is -1.67. The molecule has 0 aliphatic heterocycles. The molecule has 2 nitrogen and oxygen atoms in total. The van der Waals surface area contributed by atoms with Gasteiger partial charge >= 0.3 is 0 Å². The molecule has 0 saturated heterocycles. The van der Waals surface area contributed by atoms with E-state index in [1.54, 1.807) is 31.2 Å². The number of rotatable bonds is 2. The fourth-order valence-corrected chi connectivity index (χ4v) is 2.99. The van der Waals surface area contributed by atoms with Crippen molar-refractivity contribution in [2.24, 2.45) is 0 Å². The predicted octanol–water partition coefficient (Wildman–Crippen LogP) is 4.49. The van der Waals surface area contributed by atoms with E-state index in [2.05, 4.69) is 48.5 Å². The minimum atomic E-state index is -1.67. The van der Waals surface area contributed by atoms with Crippen molar-refractivity contribution in [2.45, 2.75) is 25.6 Å². The van der Waals surface area contributed by atoms with Gasteiger partial charge in [0, 0.05) is 12.0 Å². The summed E-state index contributed by atoms with van der Waals surface area (Å²) in [5, 5.41) is 18.7. The molecule has 0 radical (unpaired) electrons. The topological polar surface area (TPSA) is 40.5 Å². The van der Waals surface area contributed by atoms with Crippen molar-refractivity contribution in [1.82, 2.24) is 0 Å². The number of hydrogen-bond donors (Lipinski definition) is 2. The number of benzene rings is 3. The van der Waals surface area contributed by atoms with Crippen molar-refractivity contribution in [3.8, 4) is 11.1 Å². The molecule has 0 amide bonds. The number of hydrogen-bond acceptors (Lipinski definition) is 2. The highest BCUT2D eigenvalue weighted by Gasteiger charge is 2.21. The molecule has 2 heteroatoms. The van der Waals surface area contributed by atoms with Crippen molar-refractivity contribution in [3.63, 3.8) is 0 Å². The first-order valence-corrected chi connectivity index (χ1v) is 8.28. The molecular formula is C22H22O2. The molecule has 24 heavy (non-hydrogen) atoms. The van der Waals surface area contributed by atoms with Gasteiger partial charge in [0.05, 0.1) is 0 Å². The third-order valence-electron chi connectivity index (χ3n) is 4.43. The summed E-state index contributed by atoms with van der Waals surface area (Å²) in [6, 6.07) is 26.1. The van der Waals surface area contributed by atoms with Gasteiger partial charge in [-0.15, -0.1) is 0 Å². The van der Waals surface area contributed by atoms with Gasteiger partial charge in [0.1, 0.15) is 0 Å². The fraction of sp³-hybridized carbons (Fsp3) is 0.182. The second-order valence-electron chi connectivity index (χ2n) is 6.03. The Morgan fingerprint density at radius 1 is 0.708 bits per heavy atom. The zero-order valence-corrected chi connectivity index (χ0v) is 13.8. The molecule has 1 aliphatic rings. The Morgan fingerprint density at radius 3 is 1.67 bits per heavy atom. The summed E-state index contributed by atoms with van der Waals surface area (Å²) in [5.41, 5.74) is 6.30. The molecule has 0 atom stereocenters. The van der Waals surface area contributed by atoms with Crippen LogP contribution >= 0.6 is 0 Å². The quantitative estimate of drug-likeness (QED) is 0.535. The average molecular weight is 318 g/mol. The molecule has 0 bridgehead atoms. The first kappa shape index (κ1) is 16.4. The van der Waals surface area contributed by atoms with E-state index in [1.165, 1.54) is 22.3 Å². The van der Waals surface area contributed by atoms with Crippen LogP contribution < -0.4 is 0 Å². The molecule has 0 saturated carbocycles. The van der Waals surface area contributed by atoms with Crippen LogP contribution in [0.2, 0.25) is 0 Å². The molecule has 0 unspecified atom stereocenters. The van der Waals surface area contributed by atoms with Gasteiger partial charge in [0.25, 0.3) is 0 Å². The Bertz CT molecular complexity index is 763. The summed E-state index contributed by atoms with van der Waals surface area (Å²) in [4.78, 5) is 0. The summed E-state index contributed by atoms with van der Waals surface area (Å²) < 4.78 is 0. The number of fused-ring (bicyclic) bond motifs is 3.